The Bertz CT molecular complexity index is 1100. The van der Waals surface area contributed by atoms with Crippen molar-refractivity contribution >= 4 is 29.4 Å². The van der Waals surface area contributed by atoms with E-state index in [0.29, 0.717) is 4.57 Å². The molecule has 1 aromatic rings. The van der Waals surface area contributed by atoms with Crippen LogP contribution in [0.5, 0.6) is 0 Å². The van der Waals surface area contributed by atoms with Crippen LogP contribution >= 0.6 is 23.5 Å². The number of hydrogen-bond donors (Lipinski definition) is 6. The van der Waals surface area contributed by atoms with E-state index in [1.807, 2.05) is 0 Å². The molecule has 1 saturated heterocycles. The molecule has 21 heteroatoms. The van der Waals surface area contributed by atoms with Crippen molar-refractivity contribution in [2.75, 3.05) is 18.9 Å². The van der Waals surface area contributed by atoms with Crippen LogP contribution in [-0.2, 0) is 31.6 Å². The van der Waals surface area contributed by atoms with E-state index in [4.69, 9.17) is 31.6 Å². The number of aliphatic hydroxyl groups excluding tert-OH is 1. The lowest BCUT2D eigenvalue weighted by molar-refractivity contribution is -0.0526. The van der Waals surface area contributed by atoms with Gasteiger partial charge in [0.25, 0.3) is 0 Å². The van der Waals surface area contributed by atoms with Crippen LogP contribution in [0.25, 0.3) is 0 Å². The van der Waals surface area contributed by atoms with Crippen LogP contribution in [0, 0.1) is 18.3 Å². The smallest absolute Gasteiger partial charge is 0.396 e. The molecule has 0 bridgehead atoms. The molecular weight excluding hydrogens is 508 g/mol. The number of phosphoric ester groups is 1. The number of rotatable bonds is 9. The van der Waals surface area contributed by atoms with Gasteiger partial charge in [-0.25, -0.2) is 27.9 Å². The van der Waals surface area contributed by atoms with Crippen molar-refractivity contribution < 1.29 is 60.6 Å². The predicted molar refractivity (Wildman–Crippen MR) is 97.7 cm³/mol. The van der Waals surface area contributed by atoms with Crippen LogP contribution in [0.1, 0.15) is 6.23 Å². The third-order valence-corrected chi connectivity index (χ3v) is 7.69. The van der Waals surface area contributed by atoms with Crippen LogP contribution in [0.15, 0.2) is 11.1 Å². The minimum Gasteiger partial charge on any atom is -0.396 e. The van der Waals surface area contributed by atoms with E-state index in [2.05, 4.69) is 23.1 Å². The Hall–Kier alpha value is -1.57. The monoisotopic (exact) mass is 524 g/mol. The summed E-state index contributed by atoms with van der Waals surface area (Å²) in [7, 11) is -17.0. The fourth-order valence-electron chi connectivity index (χ4n) is 2.65. The van der Waals surface area contributed by atoms with Crippen molar-refractivity contribution in [3.8, 4) is 12.3 Å². The van der Waals surface area contributed by atoms with E-state index in [-0.39, 0.29) is 0 Å². The van der Waals surface area contributed by atoms with Crippen molar-refractivity contribution in [3.63, 3.8) is 0 Å². The van der Waals surface area contributed by atoms with E-state index < -0.39 is 72.2 Å². The first-order chi connectivity index (χ1) is 14.5. The third kappa shape index (κ3) is 6.27. The molecule has 0 amide bonds. The van der Waals surface area contributed by atoms with Crippen molar-refractivity contribution in [2.24, 2.45) is 5.92 Å². The first-order valence-electron chi connectivity index (χ1n) is 7.95. The number of aliphatic hydroxyl groups is 1. The molecule has 0 radical (unpaired) electrons. The Balaban J connectivity index is 2.24. The first-order valence-corrected chi connectivity index (χ1v) is 12.5. The minimum atomic E-state index is -5.79. The molecule has 4 unspecified atom stereocenters. The molecule has 0 saturated carbocycles. The molecule has 32 heavy (non-hydrogen) atoms. The SMILES string of the molecule is C#CC1(F)C(CO)[C@@H](COP(=O)(O)OP(=O)(O)OP(=O)(O)O)O[C@H]1n1cnc(N)nc1=O. The second-order valence-electron chi connectivity index (χ2n) is 6.02. The first kappa shape index (κ1) is 26.7. The fraction of sp³-hybridized carbons (Fsp3) is 0.545. The van der Waals surface area contributed by atoms with Gasteiger partial charge < -0.3 is 35.2 Å². The number of halogens is 1. The Morgan fingerprint density at radius 1 is 1.28 bits per heavy atom. The molecule has 7 N–H and O–H groups in total. The number of anilines is 1. The van der Waals surface area contributed by atoms with Crippen molar-refractivity contribution in [1.82, 2.24) is 14.5 Å². The van der Waals surface area contributed by atoms with Gasteiger partial charge in [0.15, 0.2) is 6.23 Å². The summed E-state index contributed by atoms with van der Waals surface area (Å²) in [5, 5.41) is 9.56. The van der Waals surface area contributed by atoms with E-state index in [9.17, 15) is 28.5 Å². The maximum atomic E-state index is 15.5. The number of alkyl halides is 1. The fourth-order valence-corrected chi connectivity index (χ4v) is 5.68. The molecular formula is C11H16FN4O13P3. The lowest BCUT2D eigenvalue weighted by Gasteiger charge is -2.25. The summed E-state index contributed by atoms with van der Waals surface area (Å²) >= 11 is 0. The van der Waals surface area contributed by atoms with Crippen molar-refractivity contribution in [3.05, 3.63) is 16.8 Å². The molecule has 1 aliphatic heterocycles. The average Bonchev–Trinajstić information content (AvgIpc) is 2.89. The van der Waals surface area contributed by atoms with Crippen LogP contribution in [0.2, 0.25) is 0 Å². The number of terminal acetylenes is 1. The zero-order valence-corrected chi connectivity index (χ0v) is 18.1. The number of hydrogen-bond acceptors (Lipinski definition) is 12. The van der Waals surface area contributed by atoms with Crippen LogP contribution < -0.4 is 11.4 Å². The molecule has 1 aliphatic rings. The van der Waals surface area contributed by atoms with E-state index in [1.54, 1.807) is 5.92 Å². The van der Waals surface area contributed by atoms with Gasteiger partial charge in [0.05, 0.1) is 25.2 Å². The van der Waals surface area contributed by atoms with Gasteiger partial charge in [-0.05, 0) is 0 Å². The summed E-state index contributed by atoms with van der Waals surface area (Å²) in [6, 6.07) is 0. The highest BCUT2D eigenvalue weighted by Crippen LogP contribution is 2.66. The average molecular weight is 524 g/mol. The Labute approximate surface area is 177 Å². The van der Waals surface area contributed by atoms with Crippen LogP contribution in [0.4, 0.5) is 10.3 Å². The van der Waals surface area contributed by atoms with Crippen molar-refractivity contribution in [1.29, 1.82) is 0 Å². The molecule has 0 aromatic carbocycles. The lowest BCUT2D eigenvalue weighted by Crippen LogP contribution is -2.42. The second-order valence-corrected chi connectivity index (χ2v) is 10.4. The standard InChI is InChI=1S/C11H16FN4O13P3/c1-2-11(12)6(3-17)7(27-8(11)16-5-14-9(13)15-10(16)18)4-26-31(22,23)29-32(24,25)28-30(19,20)21/h1,5-8,17H,3-4H2,(H,22,23)(H,24,25)(H2,13,15,18)(H2,19,20,21)/t6?,7-,8-,11?/m1/s1. The maximum Gasteiger partial charge on any atom is 0.490 e. The Kier molecular flexibility index (Phi) is 7.80. The zero-order chi connectivity index (χ0) is 24.5. The summed E-state index contributed by atoms with van der Waals surface area (Å²) < 4.78 is 66.5. The number of aromatic nitrogens is 3. The highest BCUT2D eigenvalue weighted by atomic mass is 31.3. The number of nitrogen functional groups attached to an aromatic ring is 1. The van der Waals surface area contributed by atoms with Gasteiger partial charge in [0.2, 0.25) is 11.6 Å². The molecule has 0 spiro atoms. The van der Waals surface area contributed by atoms with Crippen LogP contribution in [-0.4, -0.2) is 64.2 Å². The predicted octanol–water partition coefficient (Wildman–Crippen LogP) is -1.59. The highest BCUT2D eigenvalue weighted by molar-refractivity contribution is 7.66. The van der Waals surface area contributed by atoms with E-state index >= 15 is 4.39 Å². The quantitative estimate of drug-likeness (QED) is 0.157. The number of phosphoric acid groups is 3. The molecule has 17 nitrogen and oxygen atoms in total. The summed E-state index contributed by atoms with van der Waals surface area (Å²) in [5.41, 5.74) is 1.21. The van der Waals surface area contributed by atoms with E-state index in [1.165, 1.54) is 0 Å². The molecule has 1 aromatic heterocycles. The highest BCUT2D eigenvalue weighted by Gasteiger charge is 2.58. The second kappa shape index (κ2) is 9.35. The summed E-state index contributed by atoms with van der Waals surface area (Å²) in [4.78, 5) is 54.4. The molecule has 2 heterocycles. The number of nitrogens with zero attached hydrogens (tertiary/aromatic N) is 3. The van der Waals surface area contributed by atoms with Gasteiger partial charge in [-0.1, -0.05) is 5.92 Å². The molecule has 180 valence electrons. The summed E-state index contributed by atoms with van der Waals surface area (Å²) in [6.07, 6.45) is 2.35. The lowest BCUT2D eigenvalue weighted by atomic mass is 9.87. The number of ether oxygens (including phenoxy) is 1. The minimum absolute atomic E-state index is 0.447. The maximum absolute atomic E-state index is 15.5. The normalized spacial score (nSPS) is 29.7. The topological polar surface area (TPSA) is 263 Å². The van der Waals surface area contributed by atoms with Gasteiger partial charge in [-0.2, -0.15) is 13.6 Å². The van der Waals surface area contributed by atoms with Gasteiger partial charge in [-0.15, -0.1) is 6.42 Å². The zero-order valence-electron chi connectivity index (χ0n) is 15.4. The van der Waals surface area contributed by atoms with Gasteiger partial charge in [0.1, 0.15) is 6.33 Å². The Morgan fingerprint density at radius 3 is 2.41 bits per heavy atom. The van der Waals surface area contributed by atoms with Gasteiger partial charge in [0, 0.05) is 0 Å². The Morgan fingerprint density at radius 2 is 1.91 bits per heavy atom. The molecule has 6 atom stereocenters. The summed E-state index contributed by atoms with van der Waals surface area (Å²) in [5.74, 6) is -0.404. The molecule has 0 aliphatic carbocycles. The molecule has 2 rings (SSSR count). The van der Waals surface area contributed by atoms with Gasteiger partial charge in [-0.3, -0.25) is 9.09 Å². The largest absolute Gasteiger partial charge is 0.490 e. The summed E-state index contributed by atoms with van der Waals surface area (Å²) in [6.45, 7) is -2.14. The molecule has 1 fully saturated rings. The van der Waals surface area contributed by atoms with Crippen molar-refractivity contribution in [2.45, 2.75) is 18.0 Å². The van der Waals surface area contributed by atoms with Crippen LogP contribution in [0.3, 0.4) is 0 Å². The number of nitrogens with two attached hydrogens (primary N) is 1. The third-order valence-electron chi connectivity index (χ3n) is 3.89. The van der Waals surface area contributed by atoms with E-state index in [0.717, 1.165) is 6.33 Å². The van der Waals surface area contributed by atoms with Gasteiger partial charge >= 0.3 is 29.2 Å².